The molecule has 1 rings (SSSR count). The molecule has 0 unspecified atom stereocenters. The number of rotatable bonds is 2. The Morgan fingerprint density at radius 1 is 1.07 bits per heavy atom. The summed E-state index contributed by atoms with van der Waals surface area (Å²) in [5, 5.41) is 4.74. The number of benzene rings is 1. The molecule has 2 N–H and O–H groups in total. The van der Waals surface area contributed by atoms with Crippen LogP contribution in [0.5, 0.6) is 0 Å². The van der Waals surface area contributed by atoms with Gasteiger partial charge in [-0.3, -0.25) is 0 Å². The fourth-order valence-electron chi connectivity index (χ4n) is 0.807. The molecule has 0 fully saturated rings. The van der Waals surface area contributed by atoms with Crippen LogP contribution in [0.25, 0.3) is 0 Å². The predicted octanol–water partition coefficient (Wildman–Crippen LogP) is -3.76. The Hall–Kier alpha value is 0.0400. The number of hydrogen-bond donors (Lipinski definition) is 1. The Morgan fingerprint density at radius 2 is 1.53 bits per heavy atom. The largest absolute Gasteiger partial charge is 1.00 e. The Balaban J connectivity index is 0.00000196. The molecule has 1 aromatic rings. The van der Waals surface area contributed by atoms with E-state index in [0.29, 0.717) is 0 Å². The SMILES string of the molecule is NS(=O)(=O)c1cccc(S(=O)(=O)[O-])c1.[Na+]. The maximum atomic E-state index is 10.8. The Bertz CT molecular complexity index is 503. The number of nitrogens with two attached hydrogens (primary N) is 1. The summed E-state index contributed by atoms with van der Waals surface area (Å²) in [4.78, 5) is -1.03. The Labute approximate surface area is 110 Å². The van der Waals surface area contributed by atoms with Crippen molar-refractivity contribution in [2.45, 2.75) is 9.79 Å². The van der Waals surface area contributed by atoms with Crippen molar-refractivity contribution in [2.24, 2.45) is 5.14 Å². The van der Waals surface area contributed by atoms with Gasteiger partial charge in [-0.1, -0.05) is 6.07 Å². The van der Waals surface area contributed by atoms with Gasteiger partial charge in [0, 0.05) is 0 Å². The third-order valence-corrected chi connectivity index (χ3v) is 3.16. The Kier molecular flexibility index (Phi) is 4.93. The minimum Gasteiger partial charge on any atom is -0.744 e. The van der Waals surface area contributed by atoms with Crippen LogP contribution in [-0.4, -0.2) is 21.4 Å². The van der Waals surface area contributed by atoms with Gasteiger partial charge in [-0.05, 0) is 18.2 Å². The molecule has 0 aliphatic carbocycles. The zero-order valence-electron chi connectivity index (χ0n) is 7.74. The van der Waals surface area contributed by atoms with Gasteiger partial charge in [-0.25, -0.2) is 22.0 Å². The molecule has 0 radical (unpaired) electrons. The zero-order valence-corrected chi connectivity index (χ0v) is 11.4. The van der Waals surface area contributed by atoms with E-state index in [1.54, 1.807) is 0 Å². The van der Waals surface area contributed by atoms with E-state index in [2.05, 4.69) is 0 Å². The van der Waals surface area contributed by atoms with Crippen molar-refractivity contribution in [3.8, 4) is 0 Å². The fraction of sp³-hybridized carbons (Fsp3) is 0. The molecule has 1 aromatic carbocycles. The van der Waals surface area contributed by atoms with Crippen LogP contribution in [0.1, 0.15) is 0 Å². The summed E-state index contributed by atoms with van der Waals surface area (Å²) >= 11 is 0. The smallest absolute Gasteiger partial charge is 0.744 e. The first kappa shape index (κ1) is 15.0. The molecule has 0 aromatic heterocycles. The maximum Gasteiger partial charge on any atom is 1.00 e. The van der Waals surface area contributed by atoms with Crippen molar-refractivity contribution in [2.75, 3.05) is 0 Å². The Morgan fingerprint density at radius 3 is 1.93 bits per heavy atom. The molecule has 0 heterocycles. The minimum absolute atomic E-state index is 0. The van der Waals surface area contributed by atoms with Crippen LogP contribution in [0.4, 0.5) is 0 Å². The predicted molar refractivity (Wildman–Crippen MR) is 45.8 cm³/mol. The van der Waals surface area contributed by atoms with Gasteiger partial charge < -0.3 is 4.55 Å². The maximum absolute atomic E-state index is 10.8. The van der Waals surface area contributed by atoms with Crippen LogP contribution >= 0.6 is 0 Å². The molecule has 0 saturated heterocycles. The molecule has 9 heteroatoms. The van der Waals surface area contributed by atoms with Gasteiger partial charge >= 0.3 is 29.6 Å². The minimum atomic E-state index is -4.66. The van der Waals surface area contributed by atoms with Gasteiger partial charge in [-0.2, -0.15) is 0 Å². The standard InChI is InChI=1S/C6H7NO5S2.Na/c7-13(8,9)5-2-1-3-6(4-5)14(10,11)12;/h1-4H,(H2,7,8,9)(H,10,11,12);/q;+1/p-1. The zero-order chi connectivity index (χ0) is 11.0. The third kappa shape index (κ3) is 4.19. The van der Waals surface area contributed by atoms with Gasteiger partial charge in [0.15, 0.2) is 0 Å². The molecule has 0 spiro atoms. The number of hydrogen-bond acceptors (Lipinski definition) is 5. The molecule has 78 valence electrons. The number of sulfonamides is 1. The average molecular weight is 259 g/mol. The molecule has 0 aliphatic heterocycles. The van der Waals surface area contributed by atoms with Gasteiger partial charge in [0.2, 0.25) is 10.0 Å². The van der Waals surface area contributed by atoms with Crippen LogP contribution in [0.15, 0.2) is 34.1 Å². The van der Waals surface area contributed by atoms with E-state index in [4.69, 9.17) is 5.14 Å². The van der Waals surface area contributed by atoms with E-state index in [-0.39, 0.29) is 29.6 Å². The van der Waals surface area contributed by atoms with Gasteiger partial charge in [0.05, 0.1) is 9.79 Å². The second-order valence-electron chi connectivity index (χ2n) is 2.47. The fourth-order valence-corrected chi connectivity index (χ4v) is 1.96. The van der Waals surface area contributed by atoms with Crippen molar-refractivity contribution in [1.29, 1.82) is 0 Å². The molecule has 15 heavy (non-hydrogen) atoms. The first-order chi connectivity index (χ1) is 6.21. The van der Waals surface area contributed by atoms with Crippen molar-refractivity contribution >= 4 is 20.1 Å². The molecule has 0 saturated carbocycles. The quantitative estimate of drug-likeness (QED) is 0.432. The number of primary sulfonamides is 1. The van der Waals surface area contributed by atoms with Gasteiger partial charge in [0.1, 0.15) is 10.1 Å². The molecular weight excluding hydrogens is 253 g/mol. The summed E-state index contributed by atoms with van der Waals surface area (Å²) in [6.07, 6.45) is 0. The molecule has 0 atom stereocenters. The van der Waals surface area contributed by atoms with Gasteiger partial charge in [0.25, 0.3) is 0 Å². The second kappa shape index (κ2) is 4.91. The van der Waals surface area contributed by atoms with E-state index in [9.17, 15) is 21.4 Å². The van der Waals surface area contributed by atoms with Crippen LogP contribution in [0.2, 0.25) is 0 Å². The van der Waals surface area contributed by atoms with Crippen LogP contribution < -0.4 is 34.7 Å². The summed E-state index contributed by atoms with van der Waals surface area (Å²) in [6.45, 7) is 0. The van der Waals surface area contributed by atoms with E-state index in [0.717, 1.165) is 24.3 Å². The van der Waals surface area contributed by atoms with E-state index >= 15 is 0 Å². The summed E-state index contributed by atoms with van der Waals surface area (Å²) in [7, 11) is -8.64. The van der Waals surface area contributed by atoms with E-state index in [1.165, 1.54) is 0 Å². The monoisotopic (exact) mass is 259 g/mol. The molecular formula is C6H6NNaO5S2. The summed E-state index contributed by atoms with van der Waals surface area (Å²) in [6, 6.07) is 3.95. The molecule has 6 nitrogen and oxygen atoms in total. The molecule has 0 bridgehead atoms. The summed E-state index contributed by atoms with van der Waals surface area (Å²) in [5.74, 6) is 0. The molecule has 0 aliphatic rings. The summed E-state index contributed by atoms with van der Waals surface area (Å²) < 4.78 is 53.1. The van der Waals surface area contributed by atoms with Crippen molar-refractivity contribution in [3.63, 3.8) is 0 Å². The third-order valence-electron chi connectivity index (χ3n) is 1.42. The van der Waals surface area contributed by atoms with Crippen molar-refractivity contribution in [3.05, 3.63) is 24.3 Å². The first-order valence-corrected chi connectivity index (χ1v) is 6.25. The van der Waals surface area contributed by atoms with Crippen molar-refractivity contribution in [1.82, 2.24) is 0 Å². The average Bonchev–Trinajstić information content (AvgIpc) is 2.01. The van der Waals surface area contributed by atoms with Crippen molar-refractivity contribution < 1.29 is 50.9 Å². The van der Waals surface area contributed by atoms with E-state index in [1.807, 2.05) is 0 Å². The van der Waals surface area contributed by atoms with Crippen LogP contribution in [0.3, 0.4) is 0 Å². The normalized spacial score (nSPS) is 11.9. The van der Waals surface area contributed by atoms with Crippen LogP contribution in [-0.2, 0) is 20.1 Å². The first-order valence-electron chi connectivity index (χ1n) is 3.30. The topological polar surface area (TPSA) is 117 Å². The summed E-state index contributed by atoms with van der Waals surface area (Å²) in [5.41, 5.74) is 0. The van der Waals surface area contributed by atoms with Crippen LogP contribution in [0, 0.1) is 0 Å². The second-order valence-corrected chi connectivity index (χ2v) is 5.42. The van der Waals surface area contributed by atoms with Gasteiger partial charge in [-0.15, -0.1) is 0 Å². The van der Waals surface area contributed by atoms with E-state index < -0.39 is 29.9 Å². The molecule has 0 amide bonds.